The summed E-state index contributed by atoms with van der Waals surface area (Å²) in [5, 5.41) is 6.29. The Balaban J connectivity index is 1.63. The van der Waals surface area contributed by atoms with Crippen LogP contribution in [-0.4, -0.2) is 47.8 Å². The van der Waals surface area contributed by atoms with Crippen molar-refractivity contribution in [2.24, 2.45) is 0 Å². The lowest BCUT2D eigenvalue weighted by Gasteiger charge is -2.39. The Morgan fingerprint density at radius 1 is 1.55 bits per heavy atom. The number of hydrogen-bond donors (Lipinski definition) is 1. The number of carbonyl (C=O) groups excluding carboxylic acids is 1. The van der Waals surface area contributed by atoms with Crippen molar-refractivity contribution >= 4 is 17.4 Å². The number of carbonyl (C=O) groups is 1. The molecule has 6 heteroatoms. The summed E-state index contributed by atoms with van der Waals surface area (Å²) in [5.41, 5.74) is 0.901. The summed E-state index contributed by atoms with van der Waals surface area (Å²) in [4.78, 5) is 18.5. The topological polar surface area (TPSA) is 54.5 Å². The van der Waals surface area contributed by atoms with Gasteiger partial charge in [-0.2, -0.15) is 0 Å². The van der Waals surface area contributed by atoms with Crippen molar-refractivity contribution in [2.45, 2.75) is 52.1 Å². The van der Waals surface area contributed by atoms with Crippen LogP contribution in [0.1, 0.15) is 43.8 Å². The smallest absolute Gasteiger partial charge is 0.317 e. The van der Waals surface area contributed by atoms with Gasteiger partial charge in [0, 0.05) is 24.2 Å². The maximum absolute atomic E-state index is 12.2. The molecule has 0 aromatic carbocycles. The molecule has 0 spiro atoms. The van der Waals surface area contributed by atoms with Gasteiger partial charge in [0.15, 0.2) is 0 Å². The monoisotopic (exact) mass is 325 g/mol. The van der Waals surface area contributed by atoms with E-state index in [1.165, 1.54) is 5.01 Å². The molecule has 1 fully saturated rings. The van der Waals surface area contributed by atoms with Crippen molar-refractivity contribution in [3.8, 4) is 0 Å². The highest BCUT2D eigenvalue weighted by Crippen LogP contribution is 2.20. The molecule has 2 heterocycles. The highest BCUT2D eigenvalue weighted by molar-refractivity contribution is 7.09. The first kappa shape index (κ1) is 17.2. The lowest BCUT2D eigenvalue weighted by Crippen LogP contribution is -2.54. The maximum atomic E-state index is 12.2. The Bertz CT molecular complexity index is 491. The number of aromatic nitrogens is 1. The first-order valence-electron chi connectivity index (χ1n) is 8.10. The number of nitrogens with one attached hydrogen (secondary N) is 1. The molecule has 1 saturated heterocycles. The number of ether oxygens (including phenoxy) is 1. The zero-order valence-electron chi connectivity index (χ0n) is 13.9. The number of urea groups is 1. The number of aryl methyl sites for hydroxylation is 2. The minimum absolute atomic E-state index is 0.0352. The Morgan fingerprint density at radius 2 is 2.36 bits per heavy atom. The third kappa shape index (κ3) is 4.95. The third-order valence-corrected chi connectivity index (χ3v) is 5.16. The molecule has 22 heavy (non-hydrogen) atoms. The van der Waals surface area contributed by atoms with E-state index in [0.717, 1.165) is 37.9 Å². The molecule has 0 unspecified atom stereocenters. The summed E-state index contributed by atoms with van der Waals surface area (Å²) >= 11 is 1.72. The van der Waals surface area contributed by atoms with Gasteiger partial charge in [-0.25, -0.2) is 9.78 Å². The average molecular weight is 325 g/mol. The van der Waals surface area contributed by atoms with Crippen LogP contribution in [0.3, 0.4) is 0 Å². The molecular weight excluding hydrogens is 298 g/mol. The van der Waals surface area contributed by atoms with E-state index in [0.29, 0.717) is 19.7 Å². The summed E-state index contributed by atoms with van der Waals surface area (Å²) in [5.74, 6) is 0. The number of unbranched alkanes of at least 4 members (excludes halogenated alkanes) is 1. The van der Waals surface area contributed by atoms with Crippen molar-refractivity contribution in [3.05, 3.63) is 16.1 Å². The molecule has 1 N–H and O–H groups in total. The molecular formula is C16H27N3O2S. The first-order chi connectivity index (χ1) is 10.5. The SMILES string of the molecule is CC[C@]1(C)CN(C(=O)NCCCCc2nc(C)cs2)CCO1. The molecule has 0 saturated carbocycles. The van der Waals surface area contributed by atoms with Gasteiger partial charge in [-0.15, -0.1) is 11.3 Å². The number of morpholine rings is 1. The van der Waals surface area contributed by atoms with Crippen LogP contribution < -0.4 is 5.32 Å². The fourth-order valence-corrected chi connectivity index (χ4v) is 3.36. The van der Waals surface area contributed by atoms with Crippen molar-refractivity contribution in [1.29, 1.82) is 0 Å². The first-order valence-corrected chi connectivity index (χ1v) is 8.98. The maximum Gasteiger partial charge on any atom is 0.317 e. The van der Waals surface area contributed by atoms with E-state index in [4.69, 9.17) is 4.74 Å². The van der Waals surface area contributed by atoms with Crippen LogP contribution >= 0.6 is 11.3 Å². The highest BCUT2D eigenvalue weighted by atomic mass is 32.1. The number of amides is 2. The summed E-state index contributed by atoms with van der Waals surface area (Å²) < 4.78 is 5.76. The Hall–Kier alpha value is -1.14. The Morgan fingerprint density at radius 3 is 3.05 bits per heavy atom. The minimum Gasteiger partial charge on any atom is -0.372 e. The highest BCUT2D eigenvalue weighted by Gasteiger charge is 2.32. The van der Waals surface area contributed by atoms with E-state index >= 15 is 0 Å². The van der Waals surface area contributed by atoms with Crippen LogP contribution in [0.15, 0.2) is 5.38 Å². The second kappa shape index (κ2) is 7.92. The van der Waals surface area contributed by atoms with Gasteiger partial charge in [-0.3, -0.25) is 0 Å². The minimum atomic E-state index is -0.196. The molecule has 0 bridgehead atoms. The molecule has 0 aliphatic carbocycles. The van der Waals surface area contributed by atoms with E-state index in [9.17, 15) is 4.79 Å². The van der Waals surface area contributed by atoms with E-state index in [1.54, 1.807) is 11.3 Å². The molecule has 1 aliphatic rings. The van der Waals surface area contributed by atoms with Crippen molar-refractivity contribution in [2.75, 3.05) is 26.2 Å². The Labute approximate surface area is 137 Å². The van der Waals surface area contributed by atoms with Gasteiger partial charge in [0.1, 0.15) is 0 Å². The van der Waals surface area contributed by atoms with E-state index in [1.807, 2.05) is 11.8 Å². The molecule has 1 aliphatic heterocycles. The van der Waals surface area contributed by atoms with E-state index in [-0.39, 0.29) is 11.6 Å². The van der Waals surface area contributed by atoms with Crippen LogP contribution in [0.25, 0.3) is 0 Å². The van der Waals surface area contributed by atoms with Crippen LogP contribution in [0, 0.1) is 6.92 Å². The molecule has 2 rings (SSSR count). The summed E-state index contributed by atoms with van der Waals surface area (Å²) in [7, 11) is 0. The summed E-state index contributed by atoms with van der Waals surface area (Å²) in [6.07, 6.45) is 3.96. The fourth-order valence-electron chi connectivity index (χ4n) is 2.54. The van der Waals surface area contributed by atoms with Crippen LogP contribution in [-0.2, 0) is 11.2 Å². The molecule has 2 amide bonds. The van der Waals surface area contributed by atoms with Gasteiger partial charge < -0.3 is 15.0 Å². The van der Waals surface area contributed by atoms with Gasteiger partial charge in [-0.05, 0) is 39.5 Å². The lowest BCUT2D eigenvalue weighted by molar-refractivity contribution is -0.0872. The lowest BCUT2D eigenvalue weighted by atomic mass is 10.0. The molecule has 1 atom stereocenters. The quantitative estimate of drug-likeness (QED) is 0.818. The van der Waals surface area contributed by atoms with Crippen molar-refractivity contribution < 1.29 is 9.53 Å². The summed E-state index contributed by atoms with van der Waals surface area (Å²) in [6.45, 7) is 8.90. The standard InChI is InChI=1S/C16H27N3O2S/c1-4-16(3)12-19(9-10-21-16)15(20)17-8-6-5-7-14-18-13(2)11-22-14/h11H,4-10,12H2,1-3H3,(H,17,20)/t16-/m1/s1. The van der Waals surface area contributed by atoms with Crippen LogP contribution in [0.4, 0.5) is 4.79 Å². The number of thiazole rings is 1. The summed E-state index contributed by atoms with van der Waals surface area (Å²) in [6, 6.07) is 0.0352. The van der Waals surface area contributed by atoms with Crippen LogP contribution in [0.2, 0.25) is 0 Å². The zero-order valence-corrected chi connectivity index (χ0v) is 14.7. The molecule has 124 valence electrons. The van der Waals surface area contributed by atoms with Gasteiger partial charge in [0.2, 0.25) is 0 Å². The fraction of sp³-hybridized carbons (Fsp3) is 0.750. The van der Waals surface area contributed by atoms with Crippen molar-refractivity contribution in [3.63, 3.8) is 0 Å². The second-order valence-corrected chi connectivity index (χ2v) is 7.09. The predicted octanol–water partition coefficient (Wildman–Crippen LogP) is 2.98. The largest absolute Gasteiger partial charge is 0.372 e. The van der Waals surface area contributed by atoms with Gasteiger partial charge >= 0.3 is 6.03 Å². The molecule has 1 aromatic heterocycles. The third-order valence-electron chi connectivity index (χ3n) is 4.13. The van der Waals surface area contributed by atoms with Crippen molar-refractivity contribution in [1.82, 2.24) is 15.2 Å². The van der Waals surface area contributed by atoms with Gasteiger partial charge in [0.05, 0.1) is 23.8 Å². The molecule has 5 nitrogen and oxygen atoms in total. The van der Waals surface area contributed by atoms with E-state index < -0.39 is 0 Å². The van der Waals surface area contributed by atoms with E-state index in [2.05, 4.69) is 29.5 Å². The Kier molecular flexibility index (Phi) is 6.20. The average Bonchev–Trinajstić information content (AvgIpc) is 2.92. The number of rotatable bonds is 6. The van der Waals surface area contributed by atoms with Gasteiger partial charge in [-0.1, -0.05) is 6.92 Å². The normalized spacial score (nSPS) is 21.9. The predicted molar refractivity (Wildman–Crippen MR) is 89.4 cm³/mol. The number of nitrogens with zero attached hydrogens (tertiary/aromatic N) is 2. The molecule has 1 aromatic rings. The zero-order chi connectivity index (χ0) is 16.0. The van der Waals surface area contributed by atoms with Gasteiger partial charge in [0.25, 0.3) is 0 Å². The van der Waals surface area contributed by atoms with Crippen LogP contribution in [0.5, 0.6) is 0 Å². The molecule has 0 radical (unpaired) electrons. The second-order valence-electron chi connectivity index (χ2n) is 6.15. The number of hydrogen-bond acceptors (Lipinski definition) is 4.